The molecule has 0 aliphatic rings. The molecule has 0 spiro atoms. The molecule has 0 aromatic rings. The fraction of sp³-hybridized carbons (Fsp3) is 0.714. The maximum atomic E-state index is 11.8. The van der Waals surface area contributed by atoms with Gasteiger partial charge in [0.25, 0.3) is 0 Å². The predicted octanol–water partition coefficient (Wildman–Crippen LogP) is -2.09. The van der Waals surface area contributed by atoms with Crippen molar-refractivity contribution in [1.82, 2.24) is 10.6 Å². The van der Waals surface area contributed by atoms with Crippen LogP contribution in [0.1, 0.15) is 19.3 Å². The topological polar surface area (TPSA) is 151 Å². The van der Waals surface area contributed by atoms with Gasteiger partial charge in [-0.3, -0.25) is 19.2 Å². The summed E-state index contributed by atoms with van der Waals surface area (Å²) in [5.74, 6) is -3.44. The van der Waals surface area contributed by atoms with E-state index in [1.54, 1.807) is 0 Å². The molecule has 0 fully saturated rings. The number of methoxy groups -OCH3 is 2. The van der Waals surface area contributed by atoms with Gasteiger partial charge in [0, 0.05) is 0 Å². The highest BCUT2D eigenvalue weighted by Crippen LogP contribution is 2.24. The second-order valence-electron chi connectivity index (χ2n) is 5.05. The van der Waals surface area contributed by atoms with Crippen molar-refractivity contribution in [1.29, 1.82) is 0 Å². The fourth-order valence-electron chi connectivity index (χ4n) is 2.42. The SMILES string of the molecule is COC(=O)[C@@H](CO)CCCC(NC=O)(NC=O)[C@H](CO)C(=O)OC. The quantitative estimate of drug-likeness (QED) is 0.168. The van der Waals surface area contributed by atoms with Crippen LogP contribution in [-0.4, -0.2) is 68.1 Å². The molecule has 24 heavy (non-hydrogen) atoms. The molecular formula is C14H24N2O8. The summed E-state index contributed by atoms with van der Waals surface area (Å²) < 4.78 is 9.13. The van der Waals surface area contributed by atoms with Crippen LogP contribution in [0, 0.1) is 11.8 Å². The van der Waals surface area contributed by atoms with E-state index >= 15 is 0 Å². The number of hydrogen-bond donors (Lipinski definition) is 4. The number of aliphatic hydroxyl groups excluding tert-OH is 2. The van der Waals surface area contributed by atoms with Crippen molar-refractivity contribution < 1.29 is 38.9 Å². The molecule has 2 atom stereocenters. The number of amides is 2. The summed E-state index contributed by atoms with van der Waals surface area (Å²) in [5, 5.41) is 23.3. The highest BCUT2D eigenvalue weighted by Gasteiger charge is 2.43. The Morgan fingerprint density at radius 2 is 1.58 bits per heavy atom. The molecule has 138 valence electrons. The minimum absolute atomic E-state index is 0.0122. The Hall–Kier alpha value is -2.20. The lowest BCUT2D eigenvalue weighted by Gasteiger charge is -2.37. The van der Waals surface area contributed by atoms with Gasteiger partial charge in [-0.2, -0.15) is 0 Å². The van der Waals surface area contributed by atoms with E-state index < -0.39 is 42.7 Å². The Balaban J connectivity index is 5.25. The molecule has 0 radical (unpaired) electrons. The van der Waals surface area contributed by atoms with E-state index in [1.165, 1.54) is 7.11 Å². The number of esters is 2. The van der Waals surface area contributed by atoms with Gasteiger partial charge in [0.15, 0.2) is 0 Å². The van der Waals surface area contributed by atoms with Gasteiger partial charge >= 0.3 is 11.9 Å². The third-order valence-corrected chi connectivity index (χ3v) is 3.77. The zero-order valence-electron chi connectivity index (χ0n) is 13.7. The molecule has 0 aliphatic heterocycles. The van der Waals surface area contributed by atoms with Crippen molar-refractivity contribution in [3.05, 3.63) is 0 Å². The smallest absolute Gasteiger partial charge is 0.315 e. The molecule has 0 unspecified atom stereocenters. The molecule has 0 rings (SSSR count). The van der Waals surface area contributed by atoms with Crippen LogP contribution in [0.2, 0.25) is 0 Å². The second-order valence-corrected chi connectivity index (χ2v) is 5.05. The van der Waals surface area contributed by atoms with E-state index in [2.05, 4.69) is 20.1 Å². The highest BCUT2D eigenvalue weighted by atomic mass is 16.5. The number of rotatable bonds is 13. The highest BCUT2D eigenvalue weighted by molar-refractivity contribution is 5.75. The van der Waals surface area contributed by atoms with Gasteiger partial charge in [-0.25, -0.2) is 0 Å². The Morgan fingerprint density at radius 3 is 1.96 bits per heavy atom. The average molecular weight is 348 g/mol. The Kier molecular flexibility index (Phi) is 10.3. The summed E-state index contributed by atoms with van der Waals surface area (Å²) in [7, 11) is 2.30. The van der Waals surface area contributed by atoms with E-state index in [9.17, 15) is 29.4 Å². The summed E-state index contributed by atoms with van der Waals surface area (Å²) >= 11 is 0. The van der Waals surface area contributed by atoms with Gasteiger partial charge in [0.05, 0.1) is 33.4 Å². The second kappa shape index (κ2) is 11.4. The minimum atomic E-state index is -1.58. The molecule has 0 aliphatic carbocycles. The van der Waals surface area contributed by atoms with Crippen molar-refractivity contribution in [2.24, 2.45) is 11.8 Å². The first-order chi connectivity index (χ1) is 11.5. The molecule has 0 heterocycles. The Labute approximate surface area is 139 Å². The Morgan fingerprint density at radius 1 is 1.04 bits per heavy atom. The van der Waals surface area contributed by atoms with Crippen molar-refractivity contribution >= 4 is 24.8 Å². The molecule has 0 aromatic carbocycles. The molecule has 4 N–H and O–H groups in total. The zero-order valence-corrected chi connectivity index (χ0v) is 13.7. The lowest BCUT2D eigenvalue weighted by Crippen LogP contribution is -2.64. The lowest BCUT2D eigenvalue weighted by atomic mass is 9.86. The number of carbonyl (C=O) groups is 4. The molecule has 10 nitrogen and oxygen atoms in total. The number of aliphatic hydroxyl groups is 2. The number of nitrogens with one attached hydrogen (secondary N) is 2. The van der Waals surface area contributed by atoms with Crippen LogP contribution in [0.25, 0.3) is 0 Å². The van der Waals surface area contributed by atoms with Crippen LogP contribution in [0.15, 0.2) is 0 Å². The summed E-state index contributed by atoms with van der Waals surface area (Å²) in [5.41, 5.74) is -1.58. The zero-order chi connectivity index (χ0) is 18.6. The van der Waals surface area contributed by atoms with E-state index in [0.717, 1.165) is 7.11 Å². The van der Waals surface area contributed by atoms with Gasteiger partial charge in [-0.15, -0.1) is 0 Å². The van der Waals surface area contributed by atoms with Gasteiger partial charge < -0.3 is 30.3 Å². The van der Waals surface area contributed by atoms with Crippen molar-refractivity contribution in [3.63, 3.8) is 0 Å². The monoisotopic (exact) mass is 348 g/mol. The minimum Gasteiger partial charge on any atom is -0.469 e. The normalized spacial score (nSPS) is 13.3. The molecule has 10 heteroatoms. The van der Waals surface area contributed by atoms with Gasteiger partial charge in [-0.05, 0) is 19.3 Å². The maximum absolute atomic E-state index is 11.8. The fourth-order valence-corrected chi connectivity index (χ4v) is 2.42. The van der Waals surface area contributed by atoms with Gasteiger partial charge in [0.2, 0.25) is 12.8 Å². The van der Waals surface area contributed by atoms with Gasteiger partial charge in [-0.1, -0.05) is 0 Å². The molecule has 0 aromatic heterocycles. The largest absolute Gasteiger partial charge is 0.469 e. The number of hydrogen-bond acceptors (Lipinski definition) is 8. The Bertz CT molecular complexity index is 419. The third-order valence-electron chi connectivity index (χ3n) is 3.77. The number of carbonyl (C=O) groups excluding carboxylic acids is 4. The van der Waals surface area contributed by atoms with Crippen molar-refractivity contribution in [2.45, 2.75) is 24.9 Å². The lowest BCUT2D eigenvalue weighted by molar-refractivity contribution is -0.153. The first-order valence-corrected chi connectivity index (χ1v) is 7.26. The molecule has 0 bridgehead atoms. The maximum Gasteiger partial charge on any atom is 0.315 e. The van der Waals surface area contributed by atoms with Crippen LogP contribution in [0.4, 0.5) is 0 Å². The molecular weight excluding hydrogens is 324 g/mol. The van der Waals surface area contributed by atoms with Crippen molar-refractivity contribution in [3.8, 4) is 0 Å². The van der Waals surface area contributed by atoms with E-state index in [-0.39, 0.29) is 32.1 Å². The molecule has 0 saturated carbocycles. The van der Waals surface area contributed by atoms with E-state index in [4.69, 9.17) is 0 Å². The third kappa shape index (κ3) is 5.78. The van der Waals surface area contributed by atoms with Crippen molar-refractivity contribution in [2.75, 3.05) is 27.4 Å². The summed E-state index contributed by atoms with van der Waals surface area (Å²) in [6.45, 7) is -1.11. The van der Waals surface area contributed by atoms with Crippen LogP contribution in [-0.2, 0) is 28.7 Å². The summed E-state index contributed by atoms with van der Waals surface area (Å²) in [4.78, 5) is 45.1. The average Bonchev–Trinajstić information content (AvgIpc) is 2.58. The van der Waals surface area contributed by atoms with E-state index in [1.807, 2.05) is 0 Å². The molecule has 0 saturated heterocycles. The van der Waals surface area contributed by atoms with Crippen LogP contribution in [0.3, 0.4) is 0 Å². The van der Waals surface area contributed by atoms with Crippen LogP contribution >= 0.6 is 0 Å². The summed E-state index contributed by atoms with van der Waals surface area (Å²) in [6, 6.07) is 0. The van der Waals surface area contributed by atoms with E-state index in [0.29, 0.717) is 0 Å². The first kappa shape index (κ1) is 21.8. The van der Waals surface area contributed by atoms with Gasteiger partial charge in [0.1, 0.15) is 11.6 Å². The molecule has 2 amide bonds. The van der Waals surface area contributed by atoms with Crippen LogP contribution in [0.5, 0.6) is 0 Å². The first-order valence-electron chi connectivity index (χ1n) is 7.26. The van der Waals surface area contributed by atoms with Crippen LogP contribution < -0.4 is 10.6 Å². The predicted molar refractivity (Wildman–Crippen MR) is 80.2 cm³/mol. The summed E-state index contributed by atoms with van der Waals surface area (Å²) in [6.07, 6.45) is 0.997. The standard InChI is InChI=1S/C14H24N2O8/c1-23-12(21)10(6-17)4-3-5-14(15-8-19,16-9-20)11(7-18)13(22)24-2/h8-11,17-18H,3-7H2,1-2H3,(H,15,19)(H,16,20)/t10-,11-/m1/s1. The number of ether oxygens (including phenoxy) is 2.